The van der Waals surface area contributed by atoms with Crippen molar-refractivity contribution >= 4 is 28.8 Å². The van der Waals surface area contributed by atoms with Crippen LogP contribution in [0.4, 0.5) is 5.69 Å². The Hall–Kier alpha value is -2.18. The first-order valence-electron chi connectivity index (χ1n) is 8.63. The van der Waals surface area contributed by atoms with Gasteiger partial charge in [0.2, 0.25) is 5.91 Å². The fourth-order valence-corrected chi connectivity index (χ4v) is 4.70. The Morgan fingerprint density at radius 3 is 2.80 bits per heavy atom. The van der Waals surface area contributed by atoms with Crippen LogP contribution in [0.5, 0.6) is 0 Å². The van der Waals surface area contributed by atoms with Crippen molar-refractivity contribution in [3.05, 3.63) is 41.3 Å². The molecule has 3 N–H and O–H groups in total. The molecular formula is C19H21N3O2S. The van der Waals surface area contributed by atoms with Gasteiger partial charge in [-0.2, -0.15) is 0 Å². The van der Waals surface area contributed by atoms with E-state index in [4.69, 9.17) is 0 Å². The van der Waals surface area contributed by atoms with Crippen LogP contribution >= 0.6 is 11.3 Å². The highest BCUT2D eigenvalue weighted by molar-refractivity contribution is 7.17. The number of carbonyl (C=O) groups excluding carboxylic acids is 2. The van der Waals surface area contributed by atoms with Gasteiger partial charge in [0.05, 0.1) is 4.88 Å². The molecule has 6 heteroatoms. The molecule has 0 saturated carbocycles. The number of anilines is 1. The van der Waals surface area contributed by atoms with Crippen molar-refractivity contribution in [3.63, 3.8) is 0 Å². The van der Waals surface area contributed by atoms with Gasteiger partial charge >= 0.3 is 0 Å². The SMILES string of the molecule is CC(=O)Nc1cccc(-c2ccc(C(=O)N[C@@H]3C[C@H]4CC[C@@H]3N4)s2)c1. The summed E-state index contributed by atoms with van der Waals surface area (Å²) in [6.07, 6.45) is 3.42. The summed E-state index contributed by atoms with van der Waals surface area (Å²) in [6, 6.07) is 12.8. The van der Waals surface area contributed by atoms with E-state index in [1.807, 2.05) is 36.4 Å². The maximum atomic E-state index is 12.5. The molecule has 2 aromatic rings. The Balaban J connectivity index is 1.46. The molecule has 1 aromatic carbocycles. The highest BCUT2D eigenvalue weighted by Gasteiger charge is 2.39. The van der Waals surface area contributed by atoms with Crippen LogP contribution in [0.3, 0.4) is 0 Å². The predicted octanol–water partition coefficient (Wildman–Crippen LogP) is 3.00. The van der Waals surface area contributed by atoms with E-state index >= 15 is 0 Å². The second kappa shape index (κ2) is 6.61. The summed E-state index contributed by atoms with van der Waals surface area (Å²) < 4.78 is 0. The first-order chi connectivity index (χ1) is 12.1. The molecule has 0 aliphatic carbocycles. The molecule has 4 rings (SSSR count). The van der Waals surface area contributed by atoms with Gasteiger partial charge in [-0.1, -0.05) is 12.1 Å². The molecule has 25 heavy (non-hydrogen) atoms. The maximum Gasteiger partial charge on any atom is 0.261 e. The average Bonchev–Trinajstić information content (AvgIpc) is 3.31. The Labute approximate surface area is 150 Å². The zero-order valence-corrected chi connectivity index (χ0v) is 14.9. The summed E-state index contributed by atoms with van der Waals surface area (Å²) in [7, 11) is 0. The van der Waals surface area contributed by atoms with E-state index in [9.17, 15) is 9.59 Å². The summed E-state index contributed by atoms with van der Waals surface area (Å²) in [6.45, 7) is 1.49. The molecule has 2 aliphatic rings. The molecule has 2 saturated heterocycles. The Bertz CT molecular complexity index is 817. The predicted molar refractivity (Wildman–Crippen MR) is 99.9 cm³/mol. The summed E-state index contributed by atoms with van der Waals surface area (Å²) in [5.74, 6) is -0.0866. The summed E-state index contributed by atoms with van der Waals surface area (Å²) in [4.78, 5) is 25.5. The summed E-state index contributed by atoms with van der Waals surface area (Å²) >= 11 is 1.48. The van der Waals surface area contributed by atoms with E-state index in [2.05, 4.69) is 16.0 Å². The minimum Gasteiger partial charge on any atom is -0.347 e. The minimum absolute atomic E-state index is 0.00798. The van der Waals surface area contributed by atoms with Crippen molar-refractivity contribution in [1.82, 2.24) is 10.6 Å². The van der Waals surface area contributed by atoms with Crippen molar-refractivity contribution in [2.45, 2.75) is 44.3 Å². The second-order valence-electron chi connectivity index (χ2n) is 6.79. The van der Waals surface area contributed by atoms with Gasteiger partial charge in [0.25, 0.3) is 5.91 Å². The van der Waals surface area contributed by atoms with Gasteiger partial charge in [-0.3, -0.25) is 9.59 Å². The van der Waals surface area contributed by atoms with Crippen molar-refractivity contribution in [2.24, 2.45) is 0 Å². The van der Waals surface area contributed by atoms with Gasteiger partial charge in [-0.05, 0) is 49.1 Å². The van der Waals surface area contributed by atoms with Gasteiger partial charge in [0, 0.05) is 35.6 Å². The number of amides is 2. The van der Waals surface area contributed by atoms with Crippen LogP contribution in [0.25, 0.3) is 10.4 Å². The van der Waals surface area contributed by atoms with E-state index in [0.717, 1.165) is 33.8 Å². The number of benzene rings is 1. The molecule has 3 atom stereocenters. The van der Waals surface area contributed by atoms with Crippen LogP contribution in [0, 0.1) is 0 Å². The van der Waals surface area contributed by atoms with Gasteiger partial charge in [-0.15, -0.1) is 11.3 Å². The molecule has 3 heterocycles. The average molecular weight is 355 g/mol. The maximum absolute atomic E-state index is 12.5. The molecule has 5 nitrogen and oxygen atoms in total. The lowest BCUT2D eigenvalue weighted by Gasteiger charge is -2.20. The molecule has 130 valence electrons. The van der Waals surface area contributed by atoms with Crippen LogP contribution in [-0.4, -0.2) is 29.9 Å². The Morgan fingerprint density at radius 1 is 1.20 bits per heavy atom. The van der Waals surface area contributed by atoms with Gasteiger partial charge in [0.1, 0.15) is 0 Å². The van der Waals surface area contributed by atoms with E-state index in [1.165, 1.54) is 24.7 Å². The van der Waals surface area contributed by atoms with Crippen molar-refractivity contribution < 1.29 is 9.59 Å². The van der Waals surface area contributed by atoms with Gasteiger partial charge in [0.15, 0.2) is 0 Å². The van der Waals surface area contributed by atoms with Crippen LogP contribution in [0.1, 0.15) is 35.9 Å². The molecule has 2 bridgehead atoms. The number of carbonyl (C=O) groups is 2. The molecular weight excluding hydrogens is 334 g/mol. The lowest BCUT2D eigenvalue weighted by atomic mass is 9.95. The normalized spacial score (nSPS) is 24.3. The highest BCUT2D eigenvalue weighted by atomic mass is 32.1. The van der Waals surface area contributed by atoms with Crippen molar-refractivity contribution in [3.8, 4) is 10.4 Å². The van der Waals surface area contributed by atoms with E-state index in [0.29, 0.717) is 12.1 Å². The van der Waals surface area contributed by atoms with Crippen LogP contribution in [-0.2, 0) is 4.79 Å². The largest absolute Gasteiger partial charge is 0.347 e. The number of hydrogen-bond donors (Lipinski definition) is 3. The fraction of sp³-hybridized carbons (Fsp3) is 0.368. The smallest absolute Gasteiger partial charge is 0.261 e. The minimum atomic E-state index is -0.0946. The van der Waals surface area contributed by atoms with Gasteiger partial charge < -0.3 is 16.0 Å². The first kappa shape index (κ1) is 16.3. The third-order valence-corrected chi connectivity index (χ3v) is 6.05. The highest BCUT2D eigenvalue weighted by Crippen LogP contribution is 2.31. The lowest BCUT2D eigenvalue weighted by molar-refractivity contribution is -0.114. The van der Waals surface area contributed by atoms with E-state index in [-0.39, 0.29) is 17.9 Å². The van der Waals surface area contributed by atoms with Crippen molar-refractivity contribution in [2.75, 3.05) is 5.32 Å². The van der Waals surface area contributed by atoms with Crippen LogP contribution in [0.2, 0.25) is 0 Å². The lowest BCUT2D eigenvalue weighted by Crippen LogP contribution is -2.42. The Kier molecular flexibility index (Phi) is 4.31. The monoisotopic (exact) mass is 355 g/mol. The number of thiophene rings is 1. The quantitative estimate of drug-likeness (QED) is 0.790. The number of nitrogens with one attached hydrogen (secondary N) is 3. The number of hydrogen-bond acceptors (Lipinski definition) is 4. The summed E-state index contributed by atoms with van der Waals surface area (Å²) in [5.41, 5.74) is 1.76. The standard InChI is InChI=1S/C19H21N3O2S/c1-11(23)20-13-4-2-3-12(9-13)17-7-8-18(25-17)19(24)22-16-10-14-5-6-15(16)21-14/h2-4,7-9,14-16,21H,5-6,10H2,1H3,(H,20,23)(H,22,24)/t14-,15+,16-/m1/s1. The molecule has 2 amide bonds. The second-order valence-corrected chi connectivity index (χ2v) is 7.87. The van der Waals surface area contributed by atoms with Crippen molar-refractivity contribution in [1.29, 1.82) is 0 Å². The van der Waals surface area contributed by atoms with Gasteiger partial charge in [-0.25, -0.2) is 0 Å². The zero-order valence-electron chi connectivity index (χ0n) is 14.0. The van der Waals surface area contributed by atoms with E-state index in [1.54, 1.807) is 0 Å². The number of fused-ring (bicyclic) bond motifs is 2. The van der Waals surface area contributed by atoms with Crippen LogP contribution < -0.4 is 16.0 Å². The first-order valence-corrected chi connectivity index (χ1v) is 9.45. The topological polar surface area (TPSA) is 70.2 Å². The Morgan fingerprint density at radius 2 is 2.08 bits per heavy atom. The van der Waals surface area contributed by atoms with E-state index < -0.39 is 0 Å². The fourth-order valence-electron chi connectivity index (χ4n) is 3.79. The molecule has 0 radical (unpaired) electrons. The third-order valence-electron chi connectivity index (χ3n) is 4.91. The zero-order chi connectivity index (χ0) is 17.4. The molecule has 0 spiro atoms. The third kappa shape index (κ3) is 3.45. The molecule has 0 unspecified atom stereocenters. The van der Waals surface area contributed by atoms with Crippen LogP contribution in [0.15, 0.2) is 36.4 Å². The molecule has 2 fully saturated rings. The number of rotatable bonds is 4. The molecule has 1 aromatic heterocycles. The summed E-state index contributed by atoms with van der Waals surface area (Å²) in [5, 5.41) is 9.51. The molecule has 2 aliphatic heterocycles.